The highest BCUT2D eigenvalue weighted by molar-refractivity contribution is 14.0. The van der Waals surface area contributed by atoms with Gasteiger partial charge in [-0.05, 0) is 43.7 Å². The van der Waals surface area contributed by atoms with E-state index in [1.165, 1.54) is 43.6 Å². The lowest BCUT2D eigenvalue weighted by atomic mass is 9.97. The number of rotatable bonds is 6. The predicted octanol–water partition coefficient (Wildman–Crippen LogP) is 3.65. The maximum Gasteiger partial charge on any atom is 0.191 e. The number of aliphatic imine (C=N–C) groups is 1. The first-order chi connectivity index (χ1) is 11.6. The molecule has 0 radical (unpaired) electrons. The fourth-order valence-electron chi connectivity index (χ4n) is 3.35. The summed E-state index contributed by atoms with van der Waals surface area (Å²) >= 11 is 0. The molecule has 5 heteroatoms. The van der Waals surface area contributed by atoms with Crippen LogP contribution < -0.4 is 10.6 Å². The number of benzene rings is 1. The Morgan fingerprint density at radius 2 is 1.96 bits per heavy atom. The van der Waals surface area contributed by atoms with E-state index in [-0.39, 0.29) is 24.0 Å². The van der Waals surface area contributed by atoms with E-state index in [0.29, 0.717) is 0 Å². The van der Waals surface area contributed by atoms with Crippen LogP contribution in [0.25, 0.3) is 0 Å². The van der Waals surface area contributed by atoms with Crippen LogP contribution in [-0.2, 0) is 6.54 Å². The lowest BCUT2D eigenvalue weighted by molar-refractivity contribution is 0.159. The lowest BCUT2D eigenvalue weighted by Gasteiger charge is -2.34. The molecule has 1 aliphatic rings. The van der Waals surface area contributed by atoms with E-state index in [4.69, 9.17) is 0 Å². The number of nitrogens with zero attached hydrogens (tertiary/aromatic N) is 2. The summed E-state index contributed by atoms with van der Waals surface area (Å²) in [5.74, 6) is 2.37. The standard InChI is InChI=1S/C20H34N4.HI/c1-16(2)14-24-11-5-6-19(15-24)13-23-20(21-4)22-12-18-9-7-17(3)8-10-18;/h7-10,16,19H,5-6,11-15H2,1-4H3,(H2,21,22,23);1H. The zero-order valence-corrected chi connectivity index (χ0v) is 18.5. The van der Waals surface area contributed by atoms with Crippen molar-refractivity contribution in [3.8, 4) is 0 Å². The predicted molar refractivity (Wildman–Crippen MR) is 119 cm³/mol. The first kappa shape index (κ1) is 22.2. The van der Waals surface area contributed by atoms with Gasteiger partial charge in [0.05, 0.1) is 0 Å². The van der Waals surface area contributed by atoms with Crippen molar-refractivity contribution in [2.24, 2.45) is 16.8 Å². The molecule has 142 valence electrons. The lowest BCUT2D eigenvalue weighted by Crippen LogP contribution is -2.44. The molecule has 1 fully saturated rings. The van der Waals surface area contributed by atoms with E-state index in [1.54, 1.807) is 0 Å². The van der Waals surface area contributed by atoms with Gasteiger partial charge < -0.3 is 15.5 Å². The molecular formula is C20H35IN4. The number of nitrogens with one attached hydrogen (secondary N) is 2. The summed E-state index contributed by atoms with van der Waals surface area (Å²) < 4.78 is 0. The smallest absolute Gasteiger partial charge is 0.191 e. The molecule has 25 heavy (non-hydrogen) atoms. The average Bonchev–Trinajstić information content (AvgIpc) is 2.56. The number of piperidine rings is 1. The van der Waals surface area contributed by atoms with E-state index < -0.39 is 0 Å². The number of hydrogen-bond donors (Lipinski definition) is 2. The second-order valence-electron chi connectivity index (χ2n) is 7.45. The molecule has 0 aromatic heterocycles. The third kappa shape index (κ3) is 8.40. The molecule has 1 aliphatic heterocycles. The number of likely N-dealkylation sites (tertiary alicyclic amines) is 1. The first-order valence-corrected chi connectivity index (χ1v) is 9.29. The van der Waals surface area contributed by atoms with Gasteiger partial charge in [0.1, 0.15) is 0 Å². The van der Waals surface area contributed by atoms with Crippen LogP contribution in [0, 0.1) is 18.8 Å². The molecule has 0 spiro atoms. The molecule has 1 unspecified atom stereocenters. The number of halogens is 1. The van der Waals surface area contributed by atoms with Crippen molar-refractivity contribution in [2.75, 3.05) is 33.2 Å². The summed E-state index contributed by atoms with van der Waals surface area (Å²) in [6.45, 7) is 12.2. The van der Waals surface area contributed by atoms with Gasteiger partial charge in [-0.2, -0.15) is 0 Å². The fourth-order valence-corrected chi connectivity index (χ4v) is 3.35. The molecule has 1 atom stereocenters. The van der Waals surface area contributed by atoms with Crippen molar-refractivity contribution >= 4 is 29.9 Å². The summed E-state index contributed by atoms with van der Waals surface area (Å²) in [7, 11) is 1.84. The van der Waals surface area contributed by atoms with Crippen LogP contribution in [0.15, 0.2) is 29.3 Å². The Morgan fingerprint density at radius 1 is 1.24 bits per heavy atom. The number of hydrogen-bond acceptors (Lipinski definition) is 2. The van der Waals surface area contributed by atoms with Crippen molar-refractivity contribution in [1.29, 1.82) is 0 Å². The summed E-state index contributed by atoms with van der Waals surface area (Å²) in [6, 6.07) is 8.64. The highest BCUT2D eigenvalue weighted by atomic mass is 127. The molecular weight excluding hydrogens is 423 g/mol. The van der Waals surface area contributed by atoms with Crippen molar-refractivity contribution in [2.45, 2.75) is 40.2 Å². The highest BCUT2D eigenvalue weighted by Crippen LogP contribution is 2.16. The molecule has 1 heterocycles. The Labute approximate surface area is 170 Å². The van der Waals surface area contributed by atoms with Crippen molar-refractivity contribution in [3.05, 3.63) is 35.4 Å². The second-order valence-corrected chi connectivity index (χ2v) is 7.45. The zero-order chi connectivity index (χ0) is 17.4. The molecule has 1 aromatic rings. The van der Waals surface area contributed by atoms with Crippen molar-refractivity contribution in [3.63, 3.8) is 0 Å². The van der Waals surface area contributed by atoms with E-state index in [9.17, 15) is 0 Å². The summed E-state index contributed by atoms with van der Waals surface area (Å²) in [4.78, 5) is 6.97. The van der Waals surface area contributed by atoms with E-state index in [0.717, 1.165) is 30.9 Å². The van der Waals surface area contributed by atoms with Gasteiger partial charge in [-0.3, -0.25) is 4.99 Å². The SMILES string of the molecule is CN=C(NCc1ccc(C)cc1)NCC1CCCN(CC(C)C)C1.I. The van der Waals surface area contributed by atoms with Gasteiger partial charge in [-0.1, -0.05) is 43.7 Å². The molecule has 1 aromatic carbocycles. The molecule has 0 saturated carbocycles. The first-order valence-electron chi connectivity index (χ1n) is 9.29. The molecule has 0 amide bonds. The Balaban J connectivity index is 0.00000312. The third-order valence-electron chi connectivity index (χ3n) is 4.59. The largest absolute Gasteiger partial charge is 0.356 e. The Bertz CT molecular complexity index is 513. The summed E-state index contributed by atoms with van der Waals surface area (Å²) in [5.41, 5.74) is 2.58. The maximum absolute atomic E-state index is 4.35. The van der Waals surface area contributed by atoms with E-state index in [1.807, 2.05) is 7.05 Å². The van der Waals surface area contributed by atoms with E-state index in [2.05, 4.69) is 65.6 Å². The van der Waals surface area contributed by atoms with Gasteiger partial charge in [0.2, 0.25) is 0 Å². The molecule has 4 nitrogen and oxygen atoms in total. The second kappa shape index (κ2) is 11.7. The number of guanidine groups is 1. The topological polar surface area (TPSA) is 39.7 Å². The van der Waals surface area contributed by atoms with Crippen LogP contribution in [0.4, 0.5) is 0 Å². The molecule has 0 bridgehead atoms. The fraction of sp³-hybridized carbons (Fsp3) is 0.650. The minimum atomic E-state index is 0. The van der Waals surface area contributed by atoms with Crippen LogP contribution in [0.2, 0.25) is 0 Å². The van der Waals surface area contributed by atoms with Crippen LogP contribution in [0.5, 0.6) is 0 Å². The molecule has 2 rings (SSSR count). The Kier molecular flexibility index (Phi) is 10.4. The monoisotopic (exact) mass is 458 g/mol. The minimum Gasteiger partial charge on any atom is -0.356 e. The van der Waals surface area contributed by atoms with Gasteiger partial charge >= 0.3 is 0 Å². The van der Waals surface area contributed by atoms with Gasteiger partial charge in [0, 0.05) is 33.2 Å². The van der Waals surface area contributed by atoms with Gasteiger partial charge in [0.25, 0.3) is 0 Å². The quantitative estimate of drug-likeness (QED) is 0.389. The normalized spacial score (nSPS) is 18.8. The maximum atomic E-state index is 4.35. The van der Waals surface area contributed by atoms with Gasteiger partial charge in [-0.25, -0.2) is 0 Å². The molecule has 0 aliphatic carbocycles. The Morgan fingerprint density at radius 3 is 2.60 bits per heavy atom. The van der Waals surface area contributed by atoms with Crippen molar-refractivity contribution < 1.29 is 0 Å². The van der Waals surface area contributed by atoms with E-state index >= 15 is 0 Å². The van der Waals surface area contributed by atoms with Crippen LogP contribution in [0.1, 0.15) is 37.8 Å². The highest BCUT2D eigenvalue weighted by Gasteiger charge is 2.20. The van der Waals surface area contributed by atoms with Crippen LogP contribution in [0.3, 0.4) is 0 Å². The van der Waals surface area contributed by atoms with Gasteiger partial charge in [-0.15, -0.1) is 24.0 Å². The van der Waals surface area contributed by atoms with Crippen LogP contribution in [-0.4, -0.2) is 44.1 Å². The average molecular weight is 458 g/mol. The molecule has 1 saturated heterocycles. The van der Waals surface area contributed by atoms with Crippen molar-refractivity contribution in [1.82, 2.24) is 15.5 Å². The Hall–Kier alpha value is -0.820. The molecule has 2 N–H and O–H groups in total. The summed E-state index contributed by atoms with van der Waals surface area (Å²) in [6.07, 6.45) is 2.63. The minimum absolute atomic E-state index is 0. The summed E-state index contributed by atoms with van der Waals surface area (Å²) in [5, 5.41) is 6.92. The van der Waals surface area contributed by atoms with Crippen LogP contribution >= 0.6 is 24.0 Å². The number of aryl methyl sites for hydroxylation is 1. The van der Waals surface area contributed by atoms with Gasteiger partial charge in [0.15, 0.2) is 5.96 Å². The zero-order valence-electron chi connectivity index (χ0n) is 16.2. The third-order valence-corrected chi connectivity index (χ3v) is 4.59.